The summed E-state index contributed by atoms with van der Waals surface area (Å²) in [6.45, 7) is 2.04. The Morgan fingerprint density at radius 3 is 2.71 bits per heavy atom. The molecule has 0 spiro atoms. The van der Waals surface area contributed by atoms with Gasteiger partial charge in [-0.1, -0.05) is 29.5 Å². The summed E-state index contributed by atoms with van der Waals surface area (Å²) in [5.74, 6) is 0.309. The van der Waals surface area contributed by atoms with Gasteiger partial charge in [-0.05, 0) is 44.7 Å². The third kappa shape index (κ3) is 4.36. The number of aromatic nitrogens is 3. The lowest BCUT2D eigenvalue weighted by Crippen LogP contribution is -2.39. The number of benzene rings is 1. The molecule has 2 aromatic rings. The highest BCUT2D eigenvalue weighted by Gasteiger charge is 2.21. The Morgan fingerprint density at radius 2 is 2.00 bits per heavy atom. The third-order valence-electron chi connectivity index (χ3n) is 4.22. The van der Waals surface area contributed by atoms with Crippen molar-refractivity contribution in [2.24, 2.45) is 0 Å². The summed E-state index contributed by atoms with van der Waals surface area (Å²) in [5, 5.41) is 21.3. The first-order valence-corrected chi connectivity index (χ1v) is 9.17. The molecule has 0 radical (unpaired) electrons. The maximum atomic E-state index is 12.1. The van der Waals surface area contributed by atoms with E-state index in [1.54, 1.807) is 6.33 Å². The number of carbonyl (C=O) groups excluding carboxylic acids is 1. The molecule has 0 saturated heterocycles. The fourth-order valence-corrected chi connectivity index (χ4v) is 3.56. The van der Waals surface area contributed by atoms with Gasteiger partial charge in [-0.2, -0.15) is 0 Å². The Kier molecular flexibility index (Phi) is 5.52. The lowest BCUT2D eigenvalue weighted by atomic mass is 9.93. The normalized spacial score (nSPS) is 20.8. The van der Waals surface area contributed by atoms with E-state index < -0.39 is 0 Å². The second kappa shape index (κ2) is 7.81. The Bertz CT molecular complexity index is 678. The zero-order chi connectivity index (χ0) is 16.9. The molecule has 128 valence electrons. The van der Waals surface area contributed by atoms with E-state index in [1.807, 2.05) is 35.8 Å². The molecule has 0 bridgehead atoms. The molecule has 24 heavy (non-hydrogen) atoms. The van der Waals surface area contributed by atoms with E-state index >= 15 is 0 Å². The van der Waals surface area contributed by atoms with Crippen molar-refractivity contribution in [3.8, 4) is 5.69 Å². The minimum atomic E-state index is -0.208. The molecule has 1 aliphatic rings. The molecule has 7 heteroatoms. The maximum absolute atomic E-state index is 12.1. The van der Waals surface area contributed by atoms with E-state index in [-0.39, 0.29) is 18.1 Å². The van der Waals surface area contributed by atoms with Crippen LogP contribution < -0.4 is 5.32 Å². The van der Waals surface area contributed by atoms with Gasteiger partial charge in [-0.25, -0.2) is 0 Å². The summed E-state index contributed by atoms with van der Waals surface area (Å²) >= 11 is 1.38. The Hall–Kier alpha value is -1.86. The molecule has 1 saturated carbocycles. The highest BCUT2D eigenvalue weighted by molar-refractivity contribution is 7.99. The standard InChI is InChI=1S/C17H22N4O2S/c1-12-2-6-14(7-3-12)21-11-18-20-17(21)24-10-16(23)19-13-4-8-15(22)9-5-13/h2-3,6-7,11,13,15,22H,4-5,8-10H2,1H3,(H,19,23). The molecule has 3 rings (SSSR count). The van der Waals surface area contributed by atoms with Gasteiger partial charge in [0.25, 0.3) is 0 Å². The van der Waals surface area contributed by atoms with Gasteiger partial charge in [0.05, 0.1) is 11.9 Å². The maximum Gasteiger partial charge on any atom is 0.230 e. The number of hydrogen-bond donors (Lipinski definition) is 2. The van der Waals surface area contributed by atoms with E-state index in [0.29, 0.717) is 10.9 Å². The first-order chi connectivity index (χ1) is 11.6. The topological polar surface area (TPSA) is 80.0 Å². The van der Waals surface area contributed by atoms with Crippen molar-refractivity contribution in [3.05, 3.63) is 36.2 Å². The number of rotatable bonds is 5. The number of thioether (sulfide) groups is 1. The van der Waals surface area contributed by atoms with Crippen LogP contribution in [-0.2, 0) is 4.79 Å². The van der Waals surface area contributed by atoms with Crippen LogP contribution in [0.3, 0.4) is 0 Å². The molecule has 1 aromatic carbocycles. The first-order valence-electron chi connectivity index (χ1n) is 8.19. The third-order valence-corrected chi connectivity index (χ3v) is 5.17. The Balaban J connectivity index is 1.54. The summed E-state index contributed by atoms with van der Waals surface area (Å²) in [7, 11) is 0. The molecular weight excluding hydrogens is 324 g/mol. The number of carbonyl (C=O) groups is 1. The Morgan fingerprint density at radius 1 is 1.29 bits per heavy atom. The molecule has 1 amide bonds. The van der Waals surface area contributed by atoms with Crippen LogP contribution in [0.5, 0.6) is 0 Å². The SMILES string of the molecule is Cc1ccc(-n2cnnc2SCC(=O)NC2CCC(O)CC2)cc1. The number of nitrogens with one attached hydrogen (secondary N) is 1. The molecule has 1 fully saturated rings. The van der Waals surface area contributed by atoms with Crippen molar-refractivity contribution < 1.29 is 9.90 Å². The van der Waals surface area contributed by atoms with Crippen molar-refractivity contribution in [2.75, 3.05) is 5.75 Å². The average Bonchev–Trinajstić information content (AvgIpc) is 3.04. The van der Waals surface area contributed by atoms with Gasteiger partial charge in [0.1, 0.15) is 6.33 Å². The van der Waals surface area contributed by atoms with Gasteiger partial charge in [0.15, 0.2) is 5.16 Å². The molecule has 0 atom stereocenters. The van der Waals surface area contributed by atoms with Crippen molar-refractivity contribution >= 4 is 17.7 Å². The molecule has 0 aliphatic heterocycles. The smallest absolute Gasteiger partial charge is 0.230 e. The lowest BCUT2D eigenvalue weighted by molar-refractivity contribution is -0.119. The van der Waals surface area contributed by atoms with Gasteiger partial charge >= 0.3 is 0 Å². The quantitative estimate of drug-likeness (QED) is 0.811. The van der Waals surface area contributed by atoms with Crippen LogP contribution in [0.2, 0.25) is 0 Å². The lowest BCUT2D eigenvalue weighted by Gasteiger charge is -2.26. The van der Waals surface area contributed by atoms with Crippen LogP contribution in [0.15, 0.2) is 35.7 Å². The van der Waals surface area contributed by atoms with E-state index in [0.717, 1.165) is 31.4 Å². The van der Waals surface area contributed by atoms with Crippen molar-refractivity contribution in [1.29, 1.82) is 0 Å². The largest absolute Gasteiger partial charge is 0.393 e. The number of nitrogens with zero attached hydrogens (tertiary/aromatic N) is 3. The van der Waals surface area contributed by atoms with Crippen LogP contribution in [0.25, 0.3) is 5.69 Å². The second-order valence-electron chi connectivity index (χ2n) is 6.18. The average molecular weight is 346 g/mol. The molecule has 0 unspecified atom stereocenters. The predicted molar refractivity (Wildman–Crippen MR) is 93.2 cm³/mol. The molecule has 6 nitrogen and oxygen atoms in total. The van der Waals surface area contributed by atoms with Crippen molar-refractivity contribution in [2.45, 2.75) is 49.9 Å². The first kappa shape index (κ1) is 17.0. The van der Waals surface area contributed by atoms with Crippen LogP contribution in [0.1, 0.15) is 31.2 Å². The summed E-state index contributed by atoms with van der Waals surface area (Å²) < 4.78 is 1.88. The number of amides is 1. The predicted octanol–water partition coefficient (Wildman–Crippen LogP) is 2.09. The molecule has 1 heterocycles. The molecular formula is C17H22N4O2S. The summed E-state index contributed by atoms with van der Waals surface area (Å²) in [5.41, 5.74) is 2.17. The molecule has 1 aromatic heterocycles. The summed E-state index contributed by atoms with van der Waals surface area (Å²) in [6.07, 6.45) is 4.67. The highest BCUT2D eigenvalue weighted by Crippen LogP contribution is 2.21. The van der Waals surface area contributed by atoms with E-state index in [4.69, 9.17) is 0 Å². The van der Waals surface area contributed by atoms with E-state index in [9.17, 15) is 9.90 Å². The van der Waals surface area contributed by atoms with Crippen molar-refractivity contribution in [3.63, 3.8) is 0 Å². The number of aryl methyl sites for hydroxylation is 1. The second-order valence-corrected chi connectivity index (χ2v) is 7.12. The zero-order valence-electron chi connectivity index (χ0n) is 13.7. The minimum Gasteiger partial charge on any atom is -0.393 e. The monoisotopic (exact) mass is 346 g/mol. The molecule has 1 aliphatic carbocycles. The van der Waals surface area contributed by atoms with Crippen LogP contribution >= 0.6 is 11.8 Å². The van der Waals surface area contributed by atoms with Crippen LogP contribution in [-0.4, -0.2) is 43.7 Å². The van der Waals surface area contributed by atoms with Crippen molar-refractivity contribution in [1.82, 2.24) is 20.1 Å². The van der Waals surface area contributed by atoms with Gasteiger partial charge in [-0.15, -0.1) is 10.2 Å². The van der Waals surface area contributed by atoms with Crippen LogP contribution in [0, 0.1) is 6.92 Å². The fourth-order valence-electron chi connectivity index (χ4n) is 2.82. The van der Waals surface area contributed by atoms with Gasteiger partial charge in [-0.3, -0.25) is 9.36 Å². The van der Waals surface area contributed by atoms with Crippen LogP contribution in [0.4, 0.5) is 0 Å². The van der Waals surface area contributed by atoms with E-state index in [2.05, 4.69) is 15.5 Å². The summed E-state index contributed by atoms with van der Waals surface area (Å²) in [6, 6.07) is 8.27. The number of aliphatic hydroxyl groups is 1. The van der Waals surface area contributed by atoms with Gasteiger partial charge in [0, 0.05) is 11.7 Å². The number of aliphatic hydroxyl groups excluding tert-OH is 1. The minimum absolute atomic E-state index is 0.000143. The Labute approximate surface area is 145 Å². The van der Waals surface area contributed by atoms with Gasteiger partial charge < -0.3 is 10.4 Å². The molecule has 2 N–H and O–H groups in total. The zero-order valence-corrected chi connectivity index (χ0v) is 14.5. The van der Waals surface area contributed by atoms with Gasteiger partial charge in [0.2, 0.25) is 5.91 Å². The fraction of sp³-hybridized carbons (Fsp3) is 0.471. The summed E-state index contributed by atoms with van der Waals surface area (Å²) in [4.78, 5) is 12.1. The van der Waals surface area contributed by atoms with E-state index in [1.165, 1.54) is 17.3 Å². The highest BCUT2D eigenvalue weighted by atomic mass is 32.2. The number of hydrogen-bond acceptors (Lipinski definition) is 5.